The van der Waals surface area contributed by atoms with Crippen LogP contribution in [0.3, 0.4) is 0 Å². The van der Waals surface area contributed by atoms with Crippen LogP contribution in [0.4, 0.5) is 0 Å². The summed E-state index contributed by atoms with van der Waals surface area (Å²) in [5, 5.41) is 2.92. The van der Waals surface area contributed by atoms with E-state index < -0.39 is 0 Å². The Hall–Kier alpha value is -3.45. The Morgan fingerprint density at radius 3 is 2.57 bits per heavy atom. The van der Waals surface area contributed by atoms with Crippen LogP contribution in [0, 0.1) is 0 Å². The Labute approximate surface area is 175 Å². The minimum atomic E-state index is -0.102. The van der Waals surface area contributed by atoms with Crippen LogP contribution >= 0.6 is 0 Å². The fourth-order valence-corrected chi connectivity index (χ4v) is 3.22. The van der Waals surface area contributed by atoms with Crippen molar-refractivity contribution in [2.75, 3.05) is 20.3 Å². The normalized spacial score (nSPS) is 15.6. The van der Waals surface area contributed by atoms with Crippen molar-refractivity contribution >= 4 is 5.91 Å². The van der Waals surface area contributed by atoms with Crippen molar-refractivity contribution in [1.29, 1.82) is 0 Å². The quantitative estimate of drug-likeness (QED) is 0.643. The van der Waals surface area contributed by atoms with Crippen LogP contribution in [0.5, 0.6) is 17.5 Å². The first kappa shape index (κ1) is 19.8. The van der Waals surface area contributed by atoms with E-state index >= 15 is 0 Å². The van der Waals surface area contributed by atoms with E-state index in [9.17, 15) is 4.79 Å². The highest BCUT2D eigenvalue weighted by atomic mass is 16.5. The van der Waals surface area contributed by atoms with Crippen LogP contribution in [-0.4, -0.2) is 42.2 Å². The van der Waals surface area contributed by atoms with Crippen LogP contribution in [0.1, 0.15) is 23.2 Å². The number of nitrogens with zero attached hydrogens (tertiary/aromatic N) is 2. The van der Waals surface area contributed by atoms with Crippen molar-refractivity contribution in [3.63, 3.8) is 0 Å². The van der Waals surface area contributed by atoms with Crippen molar-refractivity contribution in [2.45, 2.75) is 18.9 Å². The molecular weight excluding hydrogens is 382 g/mol. The second-order valence-electron chi connectivity index (χ2n) is 6.96. The van der Waals surface area contributed by atoms with Gasteiger partial charge in [0.05, 0.1) is 13.2 Å². The summed E-state index contributed by atoms with van der Waals surface area (Å²) in [6.45, 7) is 1.32. The van der Waals surface area contributed by atoms with E-state index in [1.807, 2.05) is 30.3 Å². The minimum Gasteiger partial charge on any atom is -0.497 e. The predicted octanol–water partition coefficient (Wildman–Crippen LogP) is 3.85. The number of carbonyl (C=O) groups excluding carboxylic acids is 1. The van der Waals surface area contributed by atoms with Gasteiger partial charge in [-0.1, -0.05) is 18.2 Å². The van der Waals surface area contributed by atoms with Crippen molar-refractivity contribution in [3.8, 4) is 28.6 Å². The third-order valence-corrected chi connectivity index (χ3v) is 4.87. The molecule has 0 bridgehead atoms. The van der Waals surface area contributed by atoms with Gasteiger partial charge in [-0.3, -0.25) is 4.79 Å². The molecule has 1 aliphatic heterocycles. The zero-order chi connectivity index (χ0) is 20.8. The molecule has 0 radical (unpaired) electrons. The standard InChI is InChI=1S/C23H23N3O4/c1-28-19-4-2-5-20(12-19)30-23-25-13-18(14-26-23)16-7-9-17(10-8-16)22(27)24-15-21-6-3-11-29-21/h2,4-5,7-10,12-14,21H,3,6,11,15H2,1H3,(H,24,27). The molecule has 7 heteroatoms. The molecule has 2 heterocycles. The third-order valence-electron chi connectivity index (χ3n) is 4.87. The zero-order valence-corrected chi connectivity index (χ0v) is 16.7. The summed E-state index contributed by atoms with van der Waals surface area (Å²) >= 11 is 0. The highest BCUT2D eigenvalue weighted by Crippen LogP contribution is 2.24. The Bertz CT molecular complexity index is 984. The first-order valence-electron chi connectivity index (χ1n) is 9.85. The molecule has 1 N–H and O–H groups in total. The first-order valence-corrected chi connectivity index (χ1v) is 9.85. The average Bonchev–Trinajstić information content (AvgIpc) is 3.32. The molecule has 154 valence electrons. The topological polar surface area (TPSA) is 82.6 Å². The zero-order valence-electron chi connectivity index (χ0n) is 16.7. The van der Waals surface area contributed by atoms with Crippen molar-refractivity contribution in [3.05, 3.63) is 66.5 Å². The van der Waals surface area contributed by atoms with Gasteiger partial charge in [0.2, 0.25) is 0 Å². The predicted molar refractivity (Wildman–Crippen MR) is 112 cm³/mol. The molecule has 30 heavy (non-hydrogen) atoms. The molecule has 4 rings (SSSR count). The summed E-state index contributed by atoms with van der Waals surface area (Å²) in [7, 11) is 1.60. The number of nitrogens with one attached hydrogen (secondary N) is 1. The van der Waals surface area contributed by atoms with E-state index in [-0.39, 0.29) is 18.0 Å². The number of methoxy groups -OCH3 is 1. The van der Waals surface area contributed by atoms with E-state index in [1.54, 1.807) is 37.7 Å². The van der Waals surface area contributed by atoms with Gasteiger partial charge in [-0.25, -0.2) is 9.97 Å². The number of aromatic nitrogens is 2. The summed E-state index contributed by atoms with van der Waals surface area (Å²) < 4.78 is 16.4. The molecule has 1 unspecified atom stereocenters. The third kappa shape index (κ3) is 4.93. The molecule has 1 fully saturated rings. The maximum atomic E-state index is 12.3. The fourth-order valence-electron chi connectivity index (χ4n) is 3.22. The number of benzene rings is 2. The van der Waals surface area contributed by atoms with E-state index in [0.29, 0.717) is 23.6 Å². The smallest absolute Gasteiger partial charge is 0.321 e. The van der Waals surface area contributed by atoms with E-state index in [2.05, 4.69) is 15.3 Å². The van der Waals surface area contributed by atoms with Gasteiger partial charge in [0.15, 0.2) is 0 Å². The second-order valence-corrected chi connectivity index (χ2v) is 6.96. The van der Waals surface area contributed by atoms with Gasteiger partial charge in [0.1, 0.15) is 11.5 Å². The lowest BCUT2D eigenvalue weighted by atomic mass is 10.1. The molecule has 1 atom stereocenters. The van der Waals surface area contributed by atoms with Gasteiger partial charge in [-0.2, -0.15) is 0 Å². The summed E-state index contributed by atoms with van der Waals surface area (Å²) in [6.07, 6.45) is 5.56. The fraction of sp³-hybridized carbons (Fsp3) is 0.261. The SMILES string of the molecule is COc1cccc(Oc2ncc(-c3ccc(C(=O)NCC4CCCO4)cc3)cn2)c1. The molecule has 1 aromatic heterocycles. The summed E-state index contributed by atoms with van der Waals surface area (Å²) in [5.41, 5.74) is 2.36. The number of rotatable bonds is 7. The highest BCUT2D eigenvalue weighted by molar-refractivity contribution is 5.94. The Balaban J connectivity index is 1.37. The Kier molecular flexibility index (Phi) is 6.20. The van der Waals surface area contributed by atoms with E-state index in [1.165, 1.54) is 0 Å². The number of ether oxygens (including phenoxy) is 3. The van der Waals surface area contributed by atoms with Crippen molar-refractivity contribution in [1.82, 2.24) is 15.3 Å². The van der Waals surface area contributed by atoms with Crippen LogP contribution in [0.25, 0.3) is 11.1 Å². The van der Waals surface area contributed by atoms with Gasteiger partial charge in [-0.15, -0.1) is 0 Å². The van der Waals surface area contributed by atoms with Gasteiger partial charge >= 0.3 is 6.01 Å². The van der Waals surface area contributed by atoms with Crippen LogP contribution in [-0.2, 0) is 4.74 Å². The molecule has 7 nitrogen and oxygen atoms in total. The van der Waals surface area contributed by atoms with E-state index in [0.717, 1.165) is 30.6 Å². The van der Waals surface area contributed by atoms with Gasteiger partial charge < -0.3 is 19.5 Å². The molecular formula is C23H23N3O4. The largest absolute Gasteiger partial charge is 0.497 e. The summed E-state index contributed by atoms with van der Waals surface area (Å²) in [4.78, 5) is 20.8. The van der Waals surface area contributed by atoms with Crippen LogP contribution in [0.15, 0.2) is 60.9 Å². The number of hydrogen-bond donors (Lipinski definition) is 1. The maximum Gasteiger partial charge on any atom is 0.321 e. The van der Waals surface area contributed by atoms with Crippen LogP contribution in [0.2, 0.25) is 0 Å². The molecule has 1 saturated heterocycles. The molecule has 0 spiro atoms. The molecule has 2 aromatic carbocycles. The average molecular weight is 405 g/mol. The van der Waals surface area contributed by atoms with Crippen molar-refractivity contribution < 1.29 is 19.0 Å². The highest BCUT2D eigenvalue weighted by Gasteiger charge is 2.16. The summed E-state index contributed by atoms with van der Waals surface area (Å²) in [5.74, 6) is 1.19. The molecule has 1 aliphatic rings. The Morgan fingerprint density at radius 1 is 1.10 bits per heavy atom. The number of amides is 1. The van der Waals surface area contributed by atoms with E-state index in [4.69, 9.17) is 14.2 Å². The Morgan fingerprint density at radius 2 is 1.87 bits per heavy atom. The summed E-state index contributed by atoms with van der Waals surface area (Å²) in [6, 6.07) is 14.8. The maximum absolute atomic E-state index is 12.3. The number of hydrogen-bond acceptors (Lipinski definition) is 6. The molecule has 1 amide bonds. The molecule has 3 aromatic rings. The number of carbonyl (C=O) groups is 1. The first-order chi connectivity index (χ1) is 14.7. The lowest BCUT2D eigenvalue weighted by Crippen LogP contribution is -2.31. The van der Waals surface area contributed by atoms with Gasteiger partial charge in [0, 0.05) is 42.7 Å². The minimum absolute atomic E-state index is 0.102. The molecule has 0 aliphatic carbocycles. The second kappa shape index (κ2) is 9.37. The van der Waals surface area contributed by atoms with Crippen LogP contribution < -0.4 is 14.8 Å². The lowest BCUT2D eigenvalue weighted by molar-refractivity contribution is 0.0858. The van der Waals surface area contributed by atoms with Gasteiger partial charge in [-0.05, 0) is 42.7 Å². The van der Waals surface area contributed by atoms with Gasteiger partial charge in [0.25, 0.3) is 5.91 Å². The monoisotopic (exact) mass is 405 g/mol. The lowest BCUT2D eigenvalue weighted by Gasteiger charge is -2.11. The van der Waals surface area contributed by atoms with Crippen molar-refractivity contribution in [2.24, 2.45) is 0 Å². The molecule has 0 saturated carbocycles.